The molecule has 2 amide bonds. The van der Waals surface area contributed by atoms with Gasteiger partial charge in [-0.1, -0.05) is 12.5 Å². The molecule has 1 aromatic carbocycles. The van der Waals surface area contributed by atoms with Crippen molar-refractivity contribution in [3.05, 3.63) is 24.3 Å². The summed E-state index contributed by atoms with van der Waals surface area (Å²) in [5.41, 5.74) is 0.732. The van der Waals surface area contributed by atoms with Gasteiger partial charge in [-0.15, -0.1) is 0 Å². The van der Waals surface area contributed by atoms with E-state index in [1.54, 1.807) is 13.2 Å². The predicted octanol–water partition coefficient (Wildman–Crippen LogP) is 3.08. The Morgan fingerprint density at radius 2 is 2.27 bits per heavy atom. The number of carbonyl (C=O) groups excluding carboxylic acids is 1. The summed E-state index contributed by atoms with van der Waals surface area (Å²) in [6.45, 7) is 6.22. The van der Waals surface area contributed by atoms with Crippen molar-refractivity contribution >= 4 is 11.7 Å². The lowest BCUT2D eigenvalue weighted by atomic mass is 10.0. The first-order valence-electron chi connectivity index (χ1n) is 8.05. The van der Waals surface area contributed by atoms with E-state index < -0.39 is 0 Å². The third-order valence-electron chi connectivity index (χ3n) is 4.31. The highest BCUT2D eigenvalue weighted by Gasteiger charge is 2.23. The van der Waals surface area contributed by atoms with Crippen LogP contribution < -0.4 is 15.4 Å². The van der Waals surface area contributed by atoms with Crippen LogP contribution in [0.3, 0.4) is 0 Å². The molecule has 5 heteroatoms. The Labute approximate surface area is 133 Å². The first-order valence-corrected chi connectivity index (χ1v) is 8.05. The molecule has 0 unspecified atom stereocenters. The van der Waals surface area contributed by atoms with Crippen molar-refractivity contribution in [2.45, 2.75) is 45.2 Å². The first kappa shape index (κ1) is 16.6. The van der Waals surface area contributed by atoms with Gasteiger partial charge in [-0.25, -0.2) is 4.79 Å². The Bertz CT molecular complexity index is 493. The molecule has 1 aliphatic rings. The zero-order valence-corrected chi connectivity index (χ0v) is 13.8. The van der Waals surface area contributed by atoms with Crippen molar-refractivity contribution in [1.82, 2.24) is 10.2 Å². The third-order valence-corrected chi connectivity index (χ3v) is 4.31. The van der Waals surface area contributed by atoms with Crippen LogP contribution in [0.1, 0.15) is 33.1 Å². The maximum absolute atomic E-state index is 12.0. The van der Waals surface area contributed by atoms with Gasteiger partial charge in [0, 0.05) is 30.4 Å². The number of carbonyl (C=O) groups is 1. The third kappa shape index (κ3) is 4.63. The van der Waals surface area contributed by atoms with Crippen LogP contribution in [0.5, 0.6) is 5.75 Å². The zero-order valence-electron chi connectivity index (χ0n) is 13.8. The normalized spacial score (nSPS) is 20.2. The lowest BCUT2D eigenvalue weighted by Crippen LogP contribution is -2.49. The average Bonchev–Trinajstić information content (AvgIpc) is 2.53. The average molecular weight is 305 g/mol. The smallest absolute Gasteiger partial charge is 0.319 e. The summed E-state index contributed by atoms with van der Waals surface area (Å²) >= 11 is 0. The van der Waals surface area contributed by atoms with Gasteiger partial charge in [-0.3, -0.25) is 4.90 Å². The second kappa shape index (κ2) is 8.03. The standard InChI is InChI=1S/C17H27N3O2/c1-13-7-4-5-10-20(13)14(2)12-18-17(21)19-15-8-6-9-16(11-15)22-3/h6,8-9,11,13-14H,4-5,7,10,12H2,1-3H3,(H2,18,19,21)/t13-,14+/m1/s1. The molecule has 1 fully saturated rings. The highest BCUT2D eigenvalue weighted by molar-refractivity contribution is 5.89. The number of nitrogens with zero attached hydrogens (tertiary/aromatic N) is 1. The van der Waals surface area contributed by atoms with E-state index in [0.717, 1.165) is 18.0 Å². The van der Waals surface area contributed by atoms with E-state index in [1.807, 2.05) is 18.2 Å². The molecule has 1 heterocycles. The van der Waals surface area contributed by atoms with E-state index >= 15 is 0 Å². The fourth-order valence-electron chi connectivity index (χ4n) is 3.01. The molecule has 0 aromatic heterocycles. The molecule has 0 aliphatic carbocycles. The van der Waals surface area contributed by atoms with Gasteiger partial charge in [0.15, 0.2) is 0 Å². The van der Waals surface area contributed by atoms with E-state index in [4.69, 9.17) is 4.74 Å². The van der Waals surface area contributed by atoms with Crippen molar-refractivity contribution < 1.29 is 9.53 Å². The van der Waals surface area contributed by atoms with Gasteiger partial charge in [0.05, 0.1) is 7.11 Å². The van der Waals surface area contributed by atoms with Gasteiger partial charge < -0.3 is 15.4 Å². The van der Waals surface area contributed by atoms with Gasteiger partial charge in [0.2, 0.25) is 0 Å². The van der Waals surface area contributed by atoms with E-state index in [0.29, 0.717) is 18.6 Å². The topological polar surface area (TPSA) is 53.6 Å². The second-order valence-electron chi connectivity index (χ2n) is 6.00. The molecule has 0 saturated carbocycles. The minimum absolute atomic E-state index is 0.176. The number of likely N-dealkylation sites (tertiary alicyclic amines) is 1. The van der Waals surface area contributed by atoms with E-state index in [1.165, 1.54) is 19.3 Å². The summed E-state index contributed by atoms with van der Waals surface area (Å²) in [5.74, 6) is 0.730. The van der Waals surface area contributed by atoms with Crippen LogP contribution in [0.2, 0.25) is 0 Å². The zero-order chi connectivity index (χ0) is 15.9. The Morgan fingerprint density at radius 3 is 3.00 bits per heavy atom. The number of hydrogen-bond donors (Lipinski definition) is 2. The molecular formula is C17H27N3O2. The largest absolute Gasteiger partial charge is 0.497 e. The Balaban J connectivity index is 1.79. The molecule has 1 aliphatic heterocycles. The number of anilines is 1. The van der Waals surface area contributed by atoms with Crippen molar-refractivity contribution in [3.8, 4) is 5.75 Å². The monoisotopic (exact) mass is 305 g/mol. The van der Waals surface area contributed by atoms with Gasteiger partial charge in [-0.05, 0) is 45.4 Å². The lowest BCUT2D eigenvalue weighted by molar-refractivity contribution is 0.114. The summed E-state index contributed by atoms with van der Waals surface area (Å²) < 4.78 is 5.15. The molecular weight excluding hydrogens is 278 g/mol. The second-order valence-corrected chi connectivity index (χ2v) is 6.00. The quantitative estimate of drug-likeness (QED) is 0.879. The maximum Gasteiger partial charge on any atom is 0.319 e. The Hall–Kier alpha value is -1.75. The van der Waals surface area contributed by atoms with Crippen LogP contribution in [-0.2, 0) is 0 Å². The summed E-state index contributed by atoms with van der Waals surface area (Å²) in [6.07, 6.45) is 3.82. The van der Waals surface area contributed by atoms with Gasteiger partial charge in [-0.2, -0.15) is 0 Å². The number of ether oxygens (including phenoxy) is 1. The minimum Gasteiger partial charge on any atom is -0.497 e. The molecule has 2 N–H and O–H groups in total. The molecule has 0 radical (unpaired) electrons. The number of nitrogens with one attached hydrogen (secondary N) is 2. The first-order chi connectivity index (χ1) is 10.6. The van der Waals surface area contributed by atoms with E-state index in [-0.39, 0.29) is 6.03 Å². The van der Waals surface area contributed by atoms with Gasteiger partial charge in [0.1, 0.15) is 5.75 Å². The van der Waals surface area contributed by atoms with Gasteiger partial charge in [0.25, 0.3) is 0 Å². The van der Waals surface area contributed by atoms with Crippen LogP contribution >= 0.6 is 0 Å². The molecule has 1 aromatic rings. The van der Waals surface area contributed by atoms with E-state index in [2.05, 4.69) is 29.4 Å². The number of rotatable bonds is 5. The molecule has 122 valence electrons. The summed E-state index contributed by atoms with van der Waals surface area (Å²) in [5, 5.41) is 5.79. The van der Waals surface area contributed by atoms with Gasteiger partial charge >= 0.3 is 6.03 Å². The minimum atomic E-state index is -0.176. The number of amides is 2. The molecule has 2 rings (SSSR count). The molecule has 1 saturated heterocycles. The molecule has 22 heavy (non-hydrogen) atoms. The lowest BCUT2D eigenvalue weighted by Gasteiger charge is -2.38. The van der Waals surface area contributed by atoms with Crippen molar-refractivity contribution in [2.24, 2.45) is 0 Å². The number of piperidine rings is 1. The van der Waals surface area contributed by atoms with Crippen LogP contribution in [-0.4, -0.2) is 43.2 Å². The van der Waals surface area contributed by atoms with Crippen LogP contribution in [0.15, 0.2) is 24.3 Å². The summed E-state index contributed by atoms with van der Waals surface area (Å²) in [4.78, 5) is 14.5. The maximum atomic E-state index is 12.0. The Morgan fingerprint density at radius 1 is 1.45 bits per heavy atom. The van der Waals surface area contributed by atoms with Crippen LogP contribution in [0.25, 0.3) is 0 Å². The number of methoxy groups -OCH3 is 1. The number of hydrogen-bond acceptors (Lipinski definition) is 3. The fourth-order valence-corrected chi connectivity index (χ4v) is 3.01. The van der Waals surface area contributed by atoms with E-state index in [9.17, 15) is 4.79 Å². The predicted molar refractivity (Wildman–Crippen MR) is 89.5 cm³/mol. The highest BCUT2D eigenvalue weighted by atomic mass is 16.5. The fraction of sp³-hybridized carbons (Fsp3) is 0.588. The molecule has 5 nitrogen and oxygen atoms in total. The molecule has 0 spiro atoms. The Kier molecular flexibility index (Phi) is 6.07. The van der Waals surface area contributed by atoms with Crippen molar-refractivity contribution in [2.75, 3.05) is 25.5 Å². The highest BCUT2D eigenvalue weighted by Crippen LogP contribution is 2.19. The number of benzene rings is 1. The SMILES string of the molecule is COc1cccc(NC(=O)NC[C@H](C)N2CCCC[C@H]2C)c1. The van der Waals surface area contributed by atoms with Crippen LogP contribution in [0.4, 0.5) is 10.5 Å². The van der Waals surface area contributed by atoms with Crippen LogP contribution in [0, 0.1) is 0 Å². The summed E-state index contributed by atoms with van der Waals surface area (Å²) in [6, 6.07) is 8.13. The summed E-state index contributed by atoms with van der Waals surface area (Å²) in [7, 11) is 1.61. The molecule has 0 bridgehead atoms. The number of urea groups is 1. The van der Waals surface area contributed by atoms with Crippen molar-refractivity contribution in [3.63, 3.8) is 0 Å². The van der Waals surface area contributed by atoms with Crippen molar-refractivity contribution in [1.29, 1.82) is 0 Å². The molecule has 2 atom stereocenters.